The molecule has 0 fully saturated rings. The second kappa shape index (κ2) is 6.87. The lowest BCUT2D eigenvalue weighted by molar-refractivity contribution is 0.174. The number of aliphatic imine (C=N–C) groups is 1. The lowest BCUT2D eigenvalue weighted by atomic mass is 10.1. The topological polar surface area (TPSA) is 68.9 Å². The Morgan fingerprint density at radius 3 is 3.05 bits per heavy atom. The van der Waals surface area contributed by atoms with Crippen LogP contribution in [0.5, 0.6) is 11.5 Å². The number of nitrogens with two attached hydrogens (primary N) is 1. The summed E-state index contributed by atoms with van der Waals surface area (Å²) in [6, 6.07) is 5.99. The van der Waals surface area contributed by atoms with Crippen molar-refractivity contribution in [3.8, 4) is 11.5 Å². The minimum absolute atomic E-state index is 0.314. The Morgan fingerprint density at radius 1 is 1.37 bits per heavy atom. The lowest BCUT2D eigenvalue weighted by Gasteiger charge is -2.06. The van der Waals surface area contributed by atoms with Crippen LogP contribution in [-0.4, -0.2) is 25.8 Å². The van der Waals surface area contributed by atoms with E-state index in [9.17, 15) is 0 Å². The number of hydrogen-bond donors (Lipinski definition) is 2. The summed E-state index contributed by atoms with van der Waals surface area (Å²) in [7, 11) is 0. The molecule has 3 N–H and O–H groups in total. The van der Waals surface area contributed by atoms with E-state index in [1.54, 1.807) is 0 Å². The first-order valence-corrected chi connectivity index (χ1v) is 6.72. The molecular formula is C14H21N3O2. The van der Waals surface area contributed by atoms with Gasteiger partial charge in [-0.3, -0.25) is 4.99 Å². The van der Waals surface area contributed by atoms with E-state index in [-0.39, 0.29) is 0 Å². The molecule has 1 aliphatic heterocycles. The number of nitrogens with one attached hydrogen (secondary N) is 1. The van der Waals surface area contributed by atoms with Gasteiger partial charge in [0.1, 0.15) is 0 Å². The number of unbranched alkanes of at least 4 members (excludes halogenated alkanes) is 1. The molecule has 0 spiro atoms. The van der Waals surface area contributed by atoms with E-state index in [4.69, 9.17) is 15.2 Å². The van der Waals surface area contributed by atoms with Gasteiger partial charge in [0.15, 0.2) is 17.5 Å². The molecule has 0 saturated carbocycles. The second-order valence-electron chi connectivity index (χ2n) is 4.48. The normalized spacial score (nSPS) is 13.6. The summed E-state index contributed by atoms with van der Waals surface area (Å²) in [6.45, 7) is 4.01. The van der Waals surface area contributed by atoms with Crippen molar-refractivity contribution in [2.24, 2.45) is 10.7 Å². The summed E-state index contributed by atoms with van der Waals surface area (Å²) < 4.78 is 10.6. The lowest BCUT2D eigenvalue weighted by Crippen LogP contribution is -2.33. The van der Waals surface area contributed by atoms with Crippen LogP contribution in [0.1, 0.15) is 25.3 Å². The average Bonchev–Trinajstić information content (AvgIpc) is 2.86. The molecule has 0 amide bonds. The smallest absolute Gasteiger partial charge is 0.231 e. The Bertz CT molecular complexity index is 446. The molecule has 0 bridgehead atoms. The molecule has 1 aromatic rings. The highest BCUT2D eigenvalue weighted by Crippen LogP contribution is 2.32. The Morgan fingerprint density at radius 2 is 2.21 bits per heavy atom. The summed E-state index contributed by atoms with van der Waals surface area (Å²) >= 11 is 0. The third-order valence-electron chi connectivity index (χ3n) is 2.95. The van der Waals surface area contributed by atoms with E-state index in [0.717, 1.165) is 43.9 Å². The number of nitrogens with zero attached hydrogens (tertiary/aromatic N) is 1. The van der Waals surface area contributed by atoms with Crippen molar-refractivity contribution in [2.45, 2.75) is 26.2 Å². The first-order chi connectivity index (χ1) is 9.29. The number of ether oxygens (including phenoxy) is 2. The molecule has 1 heterocycles. The molecule has 1 aromatic carbocycles. The van der Waals surface area contributed by atoms with Crippen molar-refractivity contribution < 1.29 is 9.47 Å². The summed E-state index contributed by atoms with van der Waals surface area (Å²) in [5.74, 6) is 2.16. The number of hydrogen-bond acceptors (Lipinski definition) is 3. The number of rotatable bonds is 6. The fourth-order valence-electron chi connectivity index (χ4n) is 1.84. The van der Waals surface area contributed by atoms with E-state index in [2.05, 4.69) is 17.2 Å². The molecule has 104 valence electrons. The van der Waals surface area contributed by atoms with Crippen LogP contribution in [0.2, 0.25) is 0 Å². The van der Waals surface area contributed by atoms with Crippen molar-refractivity contribution in [3.05, 3.63) is 23.8 Å². The average molecular weight is 263 g/mol. The Kier molecular flexibility index (Phi) is 4.89. The number of guanidine groups is 1. The zero-order valence-corrected chi connectivity index (χ0v) is 11.3. The maximum Gasteiger partial charge on any atom is 0.231 e. The van der Waals surface area contributed by atoms with Gasteiger partial charge in [-0.1, -0.05) is 19.4 Å². The van der Waals surface area contributed by atoms with Crippen molar-refractivity contribution in [3.63, 3.8) is 0 Å². The third-order valence-corrected chi connectivity index (χ3v) is 2.95. The van der Waals surface area contributed by atoms with Crippen molar-refractivity contribution in [2.75, 3.05) is 19.9 Å². The summed E-state index contributed by atoms with van der Waals surface area (Å²) in [5.41, 5.74) is 6.96. The molecule has 0 saturated heterocycles. The van der Waals surface area contributed by atoms with Gasteiger partial charge in [-0.25, -0.2) is 0 Å². The van der Waals surface area contributed by atoms with Crippen LogP contribution in [0.3, 0.4) is 0 Å². The molecule has 1 aliphatic rings. The molecule has 0 radical (unpaired) electrons. The molecule has 0 aliphatic carbocycles. The Hall–Kier alpha value is -1.91. The molecule has 19 heavy (non-hydrogen) atoms. The van der Waals surface area contributed by atoms with E-state index in [1.807, 2.05) is 18.2 Å². The summed E-state index contributed by atoms with van der Waals surface area (Å²) in [6.07, 6.45) is 3.08. The van der Waals surface area contributed by atoms with Gasteiger partial charge in [0, 0.05) is 13.1 Å². The Balaban J connectivity index is 1.75. The molecule has 0 atom stereocenters. The SMILES string of the molecule is CCCCN=C(N)NCCc1ccc2c(c1)OCO2. The van der Waals surface area contributed by atoms with Crippen LogP contribution in [0.25, 0.3) is 0 Å². The number of benzene rings is 1. The van der Waals surface area contributed by atoms with Gasteiger partial charge in [0.25, 0.3) is 0 Å². The quantitative estimate of drug-likeness (QED) is 0.465. The van der Waals surface area contributed by atoms with Gasteiger partial charge >= 0.3 is 0 Å². The van der Waals surface area contributed by atoms with Gasteiger partial charge in [0.2, 0.25) is 6.79 Å². The highest BCUT2D eigenvalue weighted by molar-refractivity contribution is 5.77. The fourth-order valence-corrected chi connectivity index (χ4v) is 1.84. The van der Waals surface area contributed by atoms with Crippen LogP contribution in [0.15, 0.2) is 23.2 Å². The van der Waals surface area contributed by atoms with E-state index < -0.39 is 0 Å². The third kappa shape index (κ3) is 4.05. The van der Waals surface area contributed by atoms with E-state index in [1.165, 1.54) is 5.56 Å². The predicted molar refractivity (Wildman–Crippen MR) is 75.7 cm³/mol. The van der Waals surface area contributed by atoms with Crippen LogP contribution >= 0.6 is 0 Å². The Labute approximate surface area is 113 Å². The largest absolute Gasteiger partial charge is 0.454 e. The zero-order valence-electron chi connectivity index (χ0n) is 11.3. The van der Waals surface area contributed by atoms with Gasteiger partial charge in [-0.05, 0) is 30.5 Å². The van der Waals surface area contributed by atoms with Crippen molar-refractivity contribution >= 4 is 5.96 Å². The second-order valence-corrected chi connectivity index (χ2v) is 4.48. The molecule has 0 aromatic heterocycles. The highest BCUT2D eigenvalue weighted by atomic mass is 16.7. The summed E-state index contributed by atoms with van der Waals surface area (Å²) in [4.78, 5) is 4.24. The molecule has 5 heteroatoms. The van der Waals surface area contributed by atoms with Crippen molar-refractivity contribution in [1.29, 1.82) is 0 Å². The van der Waals surface area contributed by atoms with Gasteiger partial charge < -0.3 is 20.5 Å². The van der Waals surface area contributed by atoms with Gasteiger partial charge in [-0.15, -0.1) is 0 Å². The van der Waals surface area contributed by atoms with Crippen LogP contribution in [0.4, 0.5) is 0 Å². The van der Waals surface area contributed by atoms with Crippen LogP contribution < -0.4 is 20.5 Å². The monoisotopic (exact) mass is 263 g/mol. The molecular weight excluding hydrogens is 242 g/mol. The first kappa shape index (κ1) is 13.5. The predicted octanol–water partition coefficient (Wildman–Crippen LogP) is 1.66. The van der Waals surface area contributed by atoms with Gasteiger partial charge in [0.05, 0.1) is 0 Å². The maximum absolute atomic E-state index is 5.76. The van der Waals surface area contributed by atoms with Crippen LogP contribution in [-0.2, 0) is 6.42 Å². The minimum Gasteiger partial charge on any atom is -0.454 e. The van der Waals surface area contributed by atoms with Gasteiger partial charge in [-0.2, -0.15) is 0 Å². The van der Waals surface area contributed by atoms with Crippen molar-refractivity contribution in [1.82, 2.24) is 5.32 Å². The number of fused-ring (bicyclic) bond motifs is 1. The maximum atomic E-state index is 5.76. The van der Waals surface area contributed by atoms with E-state index in [0.29, 0.717) is 12.8 Å². The minimum atomic E-state index is 0.314. The molecule has 5 nitrogen and oxygen atoms in total. The summed E-state index contributed by atoms with van der Waals surface area (Å²) in [5, 5.41) is 3.11. The molecule has 2 rings (SSSR count). The standard InChI is InChI=1S/C14H21N3O2/c1-2-3-7-16-14(15)17-8-6-11-4-5-12-13(9-11)19-10-18-12/h4-5,9H,2-3,6-8,10H2,1H3,(H3,15,16,17). The molecule has 0 unspecified atom stereocenters. The highest BCUT2D eigenvalue weighted by Gasteiger charge is 2.12. The fraction of sp³-hybridized carbons (Fsp3) is 0.500. The van der Waals surface area contributed by atoms with Crippen LogP contribution in [0, 0.1) is 0 Å². The van der Waals surface area contributed by atoms with E-state index >= 15 is 0 Å². The first-order valence-electron chi connectivity index (χ1n) is 6.72. The zero-order chi connectivity index (χ0) is 13.5.